The van der Waals surface area contributed by atoms with Gasteiger partial charge in [-0.1, -0.05) is 0 Å². The Hall–Kier alpha value is -1.75. The Bertz CT molecular complexity index is 576. The zero-order valence-electron chi connectivity index (χ0n) is 10.4. The second kappa shape index (κ2) is 4.86. The molecule has 2 N–H and O–H groups in total. The lowest BCUT2D eigenvalue weighted by atomic mass is 10.1. The molecular formula is C13H15F2N3. The van der Waals surface area contributed by atoms with Gasteiger partial charge >= 0.3 is 0 Å². The highest BCUT2D eigenvalue weighted by Crippen LogP contribution is 2.27. The minimum atomic E-state index is -0.585. The third-order valence-electron chi connectivity index (χ3n) is 2.92. The van der Waals surface area contributed by atoms with Crippen molar-refractivity contribution in [1.29, 1.82) is 0 Å². The maximum Gasteiger partial charge on any atom is 0.135 e. The van der Waals surface area contributed by atoms with Crippen LogP contribution in [0.15, 0.2) is 18.2 Å². The number of aromatic nitrogens is 2. The molecule has 0 saturated heterocycles. The molecule has 1 aromatic carbocycles. The number of hydrogen-bond acceptors (Lipinski definition) is 2. The average molecular weight is 251 g/mol. The Morgan fingerprint density at radius 2 is 2.06 bits per heavy atom. The van der Waals surface area contributed by atoms with E-state index < -0.39 is 11.6 Å². The van der Waals surface area contributed by atoms with Gasteiger partial charge in [0.2, 0.25) is 0 Å². The van der Waals surface area contributed by atoms with Crippen LogP contribution >= 0.6 is 0 Å². The van der Waals surface area contributed by atoms with Crippen LogP contribution in [0.3, 0.4) is 0 Å². The van der Waals surface area contributed by atoms with Gasteiger partial charge in [-0.15, -0.1) is 0 Å². The van der Waals surface area contributed by atoms with Gasteiger partial charge in [-0.2, -0.15) is 0 Å². The molecule has 0 fully saturated rings. The summed E-state index contributed by atoms with van der Waals surface area (Å²) in [5, 5.41) is 0. The van der Waals surface area contributed by atoms with Crippen molar-refractivity contribution in [2.45, 2.75) is 13.3 Å². The molecule has 3 nitrogen and oxygen atoms in total. The van der Waals surface area contributed by atoms with Gasteiger partial charge in [-0.3, -0.25) is 0 Å². The van der Waals surface area contributed by atoms with E-state index in [0.717, 1.165) is 11.9 Å². The van der Waals surface area contributed by atoms with E-state index in [-0.39, 0.29) is 0 Å². The minimum absolute atomic E-state index is 0.354. The fraction of sp³-hybridized carbons (Fsp3) is 0.308. The summed E-state index contributed by atoms with van der Waals surface area (Å²) < 4.78 is 28.5. The fourth-order valence-corrected chi connectivity index (χ4v) is 2.10. The van der Waals surface area contributed by atoms with Crippen LogP contribution in [0.2, 0.25) is 0 Å². The molecule has 0 bridgehead atoms. The summed E-state index contributed by atoms with van der Waals surface area (Å²) in [5.41, 5.74) is 7.23. The monoisotopic (exact) mass is 251 g/mol. The Balaban J connectivity index is 2.56. The highest BCUT2D eigenvalue weighted by atomic mass is 19.1. The van der Waals surface area contributed by atoms with Crippen LogP contribution in [0, 0.1) is 18.6 Å². The Morgan fingerprint density at radius 1 is 1.33 bits per heavy atom. The van der Waals surface area contributed by atoms with Crippen molar-refractivity contribution in [2.24, 2.45) is 12.8 Å². The number of nitrogens with two attached hydrogens (primary N) is 1. The van der Waals surface area contributed by atoms with Gasteiger partial charge in [0, 0.05) is 25.1 Å². The number of halogens is 2. The zero-order valence-corrected chi connectivity index (χ0v) is 10.4. The lowest BCUT2D eigenvalue weighted by Gasteiger charge is -2.07. The maximum atomic E-state index is 13.8. The third-order valence-corrected chi connectivity index (χ3v) is 2.92. The van der Waals surface area contributed by atoms with Gasteiger partial charge in [-0.05, 0) is 25.6 Å². The predicted octanol–water partition coefficient (Wildman–Crippen LogP) is 2.17. The number of imidazole rings is 1. The summed E-state index contributed by atoms with van der Waals surface area (Å²) >= 11 is 0. The fourth-order valence-electron chi connectivity index (χ4n) is 2.10. The maximum absolute atomic E-state index is 13.8. The molecule has 1 heterocycles. The third kappa shape index (κ3) is 2.13. The Kier molecular flexibility index (Phi) is 3.43. The first kappa shape index (κ1) is 12.7. The molecule has 0 aliphatic heterocycles. The molecule has 0 aliphatic rings. The standard InChI is InChI=1S/C13H15F2N3/c1-8-13(18(2)12(17-8)5-6-16)10-4-3-9(14)7-11(10)15/h3-4,7H,5-6,16H2,1-2H3. The molecule has 2 rings (SSSR count). The molecule has 5 heteroatoms. The number of aryl methyl sites for hydroxylation is 1. The number of benzene rings is 1. The van der Waals surface area contributed by atoms with Crippen LogP contribution in [0.5, 0.6) is 0 Å². The van der Waals surface area contributed by atoms with E-state index >= 15 is 0 Å². The molecule has 0 atom stereocenters. The molecule has 0 spiro atoms. The lowest BCUT2D eigenvalue weighted by Crippen LogP contribution is -2.08. The summed E-state index contributed by atoms with van der Waals surface area (Å²) in [5.74, 6) is -0.368. The van der Waals surface area contributed by atoms with Crippen molar-refractivity contribution in [3.8, 4) is 11.3 Å². The zero-order chi connectivity index (χ0) is 13.3. The summed E-state index contributed by atoms with van der Waals surface area (Å²) in [4.78, 5) is 4.36. The van der Waals surface area contributed by atoms with Gasteiger partial charge in [0.1, 0.15) is 17.5 Å². The summed E-state index contributed by atoms with van der Waals surface area (Å²) in [6.07, 6.45) is 0.625. The lowest BCUT2D eigenvalue weighted by molar-refractivity contribution is 0.584. The molecular weight excluding hydrogens is 236 g/mol. The first-order chi connectivity index (χ1) is 8.54. The number of hydrogen-bond donors (Lipinski definition) is 1. The molecule has 0 aliphatic carbocycles. The smallest absolute Gasteiger partial charge is 0.135 e. The second-order valence-corrected chi connectivity index (χ2v) is 4.18. The van der Waals surface area contributed by atoms with Gasteiger partial charge in [0.05, 0.1) is 11.4 Å². The first-order valence-corrected chi connectivity index (χ1v) is 5.72. The average Bonchev–Trinajstić information content (AvgIpc) is 2.56. The van der Waals surface area contributed by atoms with Crippen LogP contribution in [0.1, 0.15) is 11.5 Å². The van der Waals surface area contributed by atoms with E-state index in [9.17, 15) is 8.78 Å². The van der Waals surface area contributed by atoms with E-state index in [1.165, 1.54) is 12.1 Å². The molecule has 96 valence electrons. The van der Waals surface area contributed by atoms with Crippen LogP contribution < -0.4 is 5.73 Å². The van der Waals surface area contributed by atoms with E-state index in [4.69, 9.17) is 5.73 Å². The van der Waals surface area contributed by atoms with E-state index in [2.05, 4.69) is 4.98 Å². The van der Waals surface area contributed by atoms with Crippen molar-refractivity contribution in [3.63, 3.8) is 0 Å². The van der Waals surface area contributed by atoms with Crippen LogP contribution in [-0.4, -0.2) is 16.1 Å². The van der Waals surface area contributed by atoms with Gasteiger partial charge in [0.25, 0.3) is 0 Å². The molecule has 0 radical (unpaired) electrons. The largest absolute Gasteiger partial charge is 0.331 e. The van der Waals surface area contributed by atoms with Crippen molar-refractivity contribution in [1.82, 2.24) is 9.55 Å². The van der Waals surface area contributed by atoms with Crippen LogP contribution in [0.4, 0.5) is 8.78 Å². The molecule has 0 unspecified atom stereocenters. The van der Waals surface area contributed by atoms with E-state index in [1.807, 2.05) is 7.05 Å². The summed E-state index contributed by atoms with van der Waals surface area (Å²) in [6, 6.07) is 3.55. The van der Waals surface area contributed by atoms with Crippen molar-refractivity contribution < 1.29 is 8.78 Å². The summed E-state index contributed by atoms with van der Waals surface area (Å²) in [6.45, 7) is 2.29. The highest BCUT2D eigenvalue weighted by Gasteiger charge is 2.16. The van der Waals surface area contributed by atoms with E-state index in [1.54, 1.807) is 11.5 Å². The normalized spacial score (nSPS) is 10.9. The molecule has 2 aromatic rings. The molecule has 1 aromatic heterocycles. The quantitative estimate of drug-likeness (QED) is 0.908. The van der Waals surface area contributed by atoms with Crippen molar-refractivity contribution >= 4 is 0 Å². The summed E-state index contributed by atoms with van der Waals surface area (Å²) in [7, 11) is 1.81. The molecule has 0 saturated carbocycles. The molecule has 18 heavy (non-hydrogen) atoms. The topological polar surface area (TPSA) is 43.8 Å². The minimum Gasteiger partial charge on any atom is -0.331 e. The van der Waals surface area contributed by atoms with Crippen molar-refractivity contribution in [3.05, 3.63) is 41.4 Å². The predicted molar refractivity (Wildman–Crippen MR) is 66.1 cm³/mol. The van der Waals surface area contributed by atoms with Gasteiger partial charge < -0.3 is 10.3 Å². The van der Waals surface area contributed by atoms with Crippen molar-refractivity contribution in [2.75, 3.05) is 6.54 Å². The van der Waals surface area contributed by atoms with E-state index in [0.29, 0.717) is 29.9 Å². The number of nitrogens with zero attached hydrogens (tertiary/aromatic N) is 2. The number of rotatable bonds is 3. The highest BCUT2D eigenvalue weighted by molar-refractivity contribution is 5.63. The van der Waals surface area contributed by atoms with Crippen LogP contribution in [0.25, 0.3) is 11.3 Å². The first-order valence-electron chi connectivity index (χ1n) is 5.72. The Morgan fingerprint density at radius 3 is 2.67 bits per heavy atom. The van der Waals surface area contributed by atoms with Gasteiger partial charge in [0.15, 0.2) is 0 Å². The SMILES string of the molecule is Cc1nc(CCN)n(C)c1-c1ccc(F)cc1F. The van der Waals surface area contributed by atoms with Gasteiger partial charge in [-0.25, -0.2) is 13.8 Å². The second-order valence-electron chi connectivity index (χ2n) is 4.18. The Labute approximate surface area is 104 Å². The van der Waals surface area contributed by atoms with Crippen LogP contribution in [-0.2, 0) is 13.5 Å². The molecule has 0 amide bonds.